The molecule has 0 bridgehead atoms. The molecule has 17 heavy (non-hydrogen) atoms. The van der Waals surface area contributed by atoms with Gasteiger partial charge in [-0.25, -0.2) is 4.98 Å². The number of anilines is 2. The van der Waals surface area contributed by atoms with Gasteiger partial charge in [0.25, 0.3) is 0 Å². The van der Waals surface area contributed by atoms with Crippen LogP contribution < -0.4 is 10.6 Å². The quantitative estimate of drug-likeness (QED) is 0.852. The lowest BCUT2D eigenvalue weighted by atomic mass is 10.4. The van der Waals surface area contributed by atoms with E-state index in [1.807, 2.05) is 0 Å². The van der Waals surface area contributed by atoms with Crippen molar-refractivity contribution in [2.75, 3.05) is 17.7 Å². The first-order valence-electron chi connectivity index (χ1n) is 4.86. The summed E-state index contributed by atoms with van der Waals surface area (Å²) in [5.41, 5.74) is 0. The van der Waals surface area contributed by atoms with Gasteiger partial charge in [-0.05, 0) is 37.9 Å². The number of hydrogen-bond acceptors (Lipinski definition) is 5. The molecule has 7 heteroatoms. The Kier molecular flexibility index (Phi) is 4.36. The van der Waals surface area contributed by atoms with E-state index >= 15 is 0 Å². The van der Waals surface area contributed by atoms with Gasteiger partial charge in [0.1, 0.15) is 5.82 Å². The van der Waals surface area contributed by atoms with Crippen LogP contribution in [0.5, 0.6) is 0 Å². The fourth-order valence-electron chi connectivity index (χ4n) is 1.23. The molecule has 0 saturated carbocycles. The number of hydrogen-bond donors (Lipinski definition) is 2. The van der Waals surface area contributed by atoms with E-state index in [1.54, 1.807) is 24.6 Å². The molecule has 4 nitrogen and oxygen atoms in total. The summed E-state index contributed by atoms with van der Waals surface area (Å²) in [6, 6.07) is 2.09. The summed E-state index contributed by atoms with van der Waals surface area (Å²) < 4.78 is 1.96. The van der Waals surface area contributed by atoms with Crippen LogP contribution in [0, 0.1) is 0 Å². The average Bonchev–Trinajstić information content (AvgIpc) is 2.74. The second kappa shape index (κ2) is 5.79. The lowest BCUT2D eigenvalue weighted by molar-refractivity contribution is 1.08. The van der Waals surface area contributed by atoms with Crippen LogP contribution >= 0.6 is 43.2 Å². The van der Waals surface area contributed by atoms with Crippen LogP contribution in [0.1, 0.15) is 4.88 Å². The number of rotatable bonds is 4. The number of nitrogens with zero attached hydrogens (tertiary/aromatic N) is 2. The van der Waals surface area contributed by atoms with Gasteiger partial charge in [-0.15, -0.1) is 11.3 Å². The van der Waals surface area contributed by atoms with E-state index < -0.39 is 0 Å². The highest BCUT2D eigenvalue weighted by Crippen LogP contribution is 2.23. The summed E-state index contributed by atoms with van der Waals surface area (Å²) in [7, 11) is 1.80. The first kappa shape index (κ1) is 12.8. The van der Waals surface area contributed by atoms with E-state index in [0.29, 0.717) is 5.95 Å². The molecule has 0 fully saturated rings. The van der Waals surface area contributed by atoms with E-state index in [-0.39, 0.29) is 0 Å². The van der Waals surface area contributed by atoms with Crippen LogP contribution in [0.2, 0.25) is 0 Å². The fraction of sp³-hybridized carbons (Fsp3) is 0.200. The van der Waals surface area contributed by atoms with Crippen molar-refractivity contribution in [1.29, 1.82) is 0 Å². The smallest absolute Gasteiger partial charge is 0.224 e. The Morgan fingerprint density at radius 2 is 2.24 bits per heavy atom. The highest BCUT2D eigenvalue weighted by Gasteiger charge is 2.04. The Morgan fingerprint density at radius 3 is 2.88 bits per heavy atom. The van der Waals surface area contributed by atoms with Crippen LogP contribution in [-0.4, -0.2) is 17.0 Å². The van der Waals surface area contributed by atoms with Gasteiger partial charge in [0.15, 0.2) is 0 Å². The van der Waals surface area contributed by atoms with Crippen molar-refractivity contribution >= 4 is 55.0 Å². The monoisotopic (exact) mass is 376 g/mol. The van der Waals surface area contributed by atoms with Crippen molar-refractivity contribution in [3.8, 4) is 0 Å². The SMILES string of the molecule is CNc1ncc(Br)c(NCc2cc(Br)cs2)n1. The van der Waals surface area contributed by atoms with Crippen molar-refractivity contribution in [2.24, 2.45) is 0 Å². The van der Waals surface area contributed by atoms with Crippen molar-refractivity contribution in [3.05, 3.63) is 31.5 Å². The normalized spacial score (nSPS) is 10.3. The molecule has 2 heterocycles. The summed E-state index contributed by atoms with van der Waals surface area (Å²) in [5.74, 6) is 1.39. The van der Waals surface area contributed by atoms with Crippen LogP contribution in [0.15, 0.2) is 26.6 Å². The van der Waals surface area contributed by atoms with Gasteiger partial charge in [-0.1, -0.05) is 0 Å². The van der Waals surface area contributed by atoms with Gasteiger partial charge >= 0.3 is 0 Å². The number of aromatic nitrogens is 2. The molecule has 0 amide bonds. The molecule has 0 saturated heterocycles. The van der Waals surface area contributed by atoms with Crippen molar-refractivity contribution in [3.63, 3.8) is 0 Å². The topological polar surface area (TPSA) is 49.8 Å². The third-order valence-electron chi connectivity index (χ3n) is 2.02. The van der Waals surface area contributed by atoms with Crippen molar-refractivity contribution < 1.29 is 0 Å². The van der Waals surface area contributed by atoms with E-state index in [9.17, 15) is 0 Å². The Labute approximate surface area is 120 Å². The molecule has 0 radical (unpaired) electrons. The van der Waals surface area contributed by atoms with Gasteiger partial charge in [0.05, 0.1) is 11.0 Å². The maximum absolute atomic E-state index is 4.33. The second-order valence-corrected chi connectivity index (χ2v) is 5.99. The zero-order chi connectivity index (χ0) is 12.3. The van der Waals surface area contributed by atoms with Gasteiger partial charge < -0.3 is 10.6 Å². The summed E-state index contributed by atoms with van der Waals surface area (Å²) in [6.07, 6.45) is 1.73. The van der Waals surface area contributed by atoms with Gasteiger partial charge in [-0.2, -0.15) is 4.98 Å². The molecule has 0 unspecified atom stereocenters. The molecular weight excluding hydrogens is 368 g/mol. The molecule has 0 aromatic carbocycles. The number of halogens is 2. The first-order valence-corrected chi connectivity index (χ1v) is 7.32. The van der Waals surface area contributed by atoms with E-state index in [0.717, 1.165) is 21.3 Å². The highest BCUT2D eigenvalue weighted by molar-refractivity contribution is 9.10. The molecule has 0 aliphatic heterocycles. The zero-order valence-electron chi connectivity index (χ0n) is 9.00. The molecule has 2 aromatic heterocycles. The first-order chi connectivity index (χ1) is 8.19. The van der Waals surface area contributed by atoms with Crippen LogP contribution in [0.3, 0.4) is 0 Å². The predicted molar refractivity (Wildman–Crippen MR) is 78.6 cm³/mol. The third kappa shape index (κ3) is 3.40. The molecule has 0 aliphatic rings. The minimum atomic E-state index is 0.600. The Bertz CT molecular complexity index is 515. The summed E-state index contributed by atoms with van der Waals surface area (Å²) in [6.45, 7) is 0.745. The molecule has 90 valence electrons. The van der Waals surface area contributed by atoms with Gasteiger partial charge in [-0.3, -0.25) is 0 Å². The third-order valence-corrected chi connectivity index (χ3v) is 4.30. The molecule has 0 spiro atoms. The summed E-state index contributed by atoms with van der Waals surface area (Å²) in [5, 5.41) is 8.24. The molecule has 2 aromatic rings. The van der Waals surface area contributed by atoms with Crippen molar-refractivity contribution in [2.45, 2.75) is 6.54 Å². The Morgan fingerprint density at radius 1 is 1.41 bits per heavy atom. The molecule has 2 N–H and O–H groups in total. The van der Waals surface area contributed by atoms with E-state index in [4.69, 9.17) is 0 Å². The second-order valence-electron chi connectivity index (χ2n) is 3.22. The van der Waals surface area contributed by atoms with E-state index in [1.165, 1.54) is 4.88 Å². The molecule has 2 rings (SSSR count). The van der Waals surface area contributed by atoms with Crippen molar-refractivity contribution in [1.82, 2.24) is 9.97 Å². The van der Waals surface area contributed by atoms with Crippen LogP contribution in [0.4, 0.5) is 11.8 Å². The van der Waals surface area contributed by atoms with Gasteiger partial charge in [0.2, 0.25) is 5.95 Å². The molecule has 0 atom stereocenters. The van der Waals surface area contributed by atoms with Crippen LogP contribution in [-0.2, 0) is 6.54 Å². The predicted octanol–water partition coefficient (Wildman–Crippen LogP) is 3.72. The summed E-state index contributed by atoms with van der Waals surface area (Å²) in [4.78, 5) is 9.67. The van der Waals surface area contributed by atoms with Gasteiger partial charge in [0, 0.05) is 28.0 Å². The Hall–Kier alpha value is -0.660. The minimum absolute atomic E-state index is 0.600. The lowest BCUT2D eigenvalue weighted by Crippen LogP contribution is -2.04. The van der Waals surface area contributed by atoms with Crippen LogP contribution in [0.25, 0.3) is 0 Å². The number of thiophene rings is 1. The standard InChI is InChI=1S/C10H10Br2N4S/c1-13-10-15-4-8(12)9(16-10)14-3-7-2-6(11)5-17-7/h2,4-5H,3H2,1H3,(H2,13,14,15,16). The largest absolute Gasteiger partial charge is 0.364 e. The van der Waals surface area contributed by atoms with E-state index in [2.05, 4.69) is 63.9 Å². The maximum atomic E-state index is 4.33. The maximum Gasteiger partial charge on any atom is 0.224 e. The Balaban J connectivity index is 2.07. The minimum Gasteiger partial charge on any atom is -0.364 e. The zero-order valence-corrected chi connectivity index (χ0v) is 13.0. The molecular formula is C10H10Br2N4S. The number of nitrogens with one attached hydrogen (secondary N) is 2. The average molecular weight is 378 g/mol. The summed E-state index contributed by atoms with van der Waals surface area (Å²) >= 11 is 8.55. The lowest BCUT2D eigenvalue weighted by Gasteiger charge is -2.07. The molecule has 0 aliphatic carbocycles. The fourth-order valence-corrected chi connectivity index (χ4v) is 2.95. The highest BCUT2D eigenvalue weighted by atomic mass is 79.9.